The average Bonchev–Trinajstić information content (AvgIpc) is 3.03. The lowest BCUT2D eigenvalue weighted by molar-refractivity contribution is 0.140. The summed E-state index contributed by atoms with van der Waals surface area (Å²) in [4.78, 5) is 15.9. The van der Waals surface area contributed by atoms with Crippen LogP contribution in [0.3, 0.4) is 0 Å². The molecule has 0 atom stereocenters. The minimum Gasteiger partial charge on any atom is -0.445 e. The van der Waals surface area contributed by atoms with Crippen LogP contribution in [0.15, 0.2) is 54.9 Å². The highest BCUT2D eigenvalue weighted by Crippen LogP contribution is 2.13. The van der Waals surface area contributed by atoms with Crippen LogP contribution in [-0.4, -0.2) is 27.2 Å². The smallest absolute Gasteiger partial charge is 0.407 e. The molecule has 0 fully saturated rings. The molecule has 1 aromatic carbocycles. The zero-order valence-corrected chi connectivity index (χ0v) is 14.2. The maximum Gasteiger partial charge on any atom is 0.407 e. The number of hydrogen-bond donors (Lipinski definition) is 1. The van der Waals surface area contributed by atoms with E-state index in [1.807, 2.05) is 42.5 Å². The van der Waals surface area contributed by atoms with Crippen molar-refractivity contribution >= 4 is 29.4 Å². The molecule has 0 bridgehead atoms. The maximum absolute atomic E-state index is 11.6. The molecule has 0 aliphatic heterocycles. The molecule has 0 aliphatic rings. The Bertz CT molecular complexity index is 877. The molecule has 0 radical (unpaired) electrons. The monoisotopic (exact) mass is 356 g/mol. The van der Waals surface area contributed by atoms with Crippen LogP contribution in [0.1, 0.15) is 17.5 Å². The Morgan fingerprint density at radius 3 is 2.96 bits per heavy atom. The summed E-state index contributed by atoms with van der Waals surface area (Å²) in [5, 5.41) is 7.33. The number of hydrogen-bond acceptors (Lipinski definition) is 4. The lowest BCUT2D eigenvalue weighted by Crippen LogP contribution is -2.24. The van der Waals surface area contributed by atoms with Crippen LogP contribution in [0.4, 0.5) is 4.79 Å². The maximum atomic E-state index is 11.6. The predicted molar refractivity (Wildman–Crippen MR) is 96.3 cm³/mol. The number of rotatable bonds is 6. The topological polar surface area (TPSA) is 68.5 Å². The molecule has 2 aromatic heterocycles. The van der Waals surface area contributed by atoms with Gasteiger partial charge >= 0.3 is 6.09 Å². The highest BCUT2D eigenvalue weighted by atomic mass is 35.5. The molecule has 2 heterocycles. The standard InChI is InChI=1S/C18H17ClN4O2/c19-16-9-11-23-17(22-16)15(12-21-23)8-4-5-10-20-18(24)25-13-14-6-2-1-3-7-14/h1-4,6-9,11-12H,5,10,13H2,(H,20,24). The van der Waals surface area contributed by atoms with Crippen molar-refractivity contribution in [3.8, 4) is 0 Å². The van der Waals surface area contributed by atoms with Crippen molar-refractivity contribution in [1.82, 2.24) is 19.9 Å². The van der Waals surface area contributed by atoms with Crippen LogP contribution in [0.25, 0.3) is 11.7 Å². The number of fused-ring (bicyclic) bond motifs is 1. The minimum atomic E-state index is -0.429. The van der Waals surface area contributed by atoms with E-state index in [1.54, 1.807) is 23.0 Å². The molecule has 0 saturated carbocycles. The molecular weight excluding hydrogens is 340 g/mol. The van der Waals surface area contributed by atoms with Crippen LogP contribution < -0.4 is 5.32 Å². The van der Waals surface area contributed by atoms with E-state index >= 15 is 0 Å². The zero-order chi connectivity index (χ0) is 17.5. The summed E-state index contributed by atoms with van der Waals surface area (Å²) >= 11 is 5.90. The first-order valence-electron chi connectivity index (χ1n) is 7.83. The summed E-state index contributed by atoms with van der Waals surface area (Å²) in [6.07, 6.45) is 7.56. The van der Waals surface area contributed by atoms with Gasteiger partial charge in [-0.05, 0) is 18.1 Å². The first-order valence-corrected chi connectivity index (χ1v) is 8.21. The van der Waals surface area contributed by atoms with E-state index in [9.17, 15) is 4.79 Å². The van der Waals surface area contributed by atoms with Crippen LogP contribution in [0, 0.1) is 0 Å². The van der Waals surface area contributed by atoms with Crippen molar-refractivity contribution in [3.63, 3.8) is 0 Å². The molecule has 0 unspecified atom stereocenters. The van der Waals surface area contributed by atoms with E-state index in [0.29, 0.717) is 23.8 Å². The van der Waals surface area contributed by atoms with E-state index in [-0.39, 0.29) is 6.61 Å². The Hall–Kier alpha value is -2.86. The lowest BCUT2D eigenvalue weighted by Gasteiger charge is -2.05. The van der Waals surface area contributed by atoms with E-state index < -0.39 is 6.09 Å². The van der Waals surface area contributed by atoms with Gasteiger partial charge in [0.1, 0.15) is 11.8 Å². The molecule has 25 heavy (non-hydrogen) atoms. The minimum absolute atomic E-state index is 0.261. The number of halogens is 1. The number of aromatic nitrogens is 3. The third-order valence-electron chi connectivity index (χ3n) is 3.45. The molecule has 6 nitrogen and oxygen atoms in total. The van der Waals surface area contributed by atoms with Gasteiger partial charge in [0.25, 0.3) is 0 Å². The quantitative estimate of drug-likeness (QED) is 0.540. The van der Waals surface area contributed by atoms with Crippen LogP contribution >= 0.6 is 11.6 Å². The van der Waals surface area contributed by atoms with Gasteiger partial charge in [-0.3, -0.25) is 0 Å². The van der Waals surface area contributed by atoms with E-state index in [0.717, 1.165) is 11.1 Å². The van der Waals surface area contributed by atoms with Gasteiger partial charge in [0.15, 0.2) is 5.65 Å². The van der Waals surface area contributed by atoms with Crippen LogP contribution in [-0.2, 0) is 11.3 Å². The number of alkyl carbamates (subject to hydrolysis) is 1. The number of nitrogens with one attached hydrogen (secondary N) is 1. The molecule has 0 aliphatic carbocycles. The Kier molecular flexibility index (Phi) is 5.64. The van der Waals surface area contributed by atoms with Gasteiger partial charge in [-0.1, -0.05) is 54.1 Å². The highest BCUT2D eigenvalue weighted by Gasteiger charge is 2.03. The largest absolute Gasteiger partial charge is 0.445 e. The van der Waals surface area contributed by atoms with Crippen LogP contribution in [0.2, 0.25) is 5.15 Å². The van der Waals surface area contributed by atoms with Gasteiger partial charge < -0.3 is 10.1 Å². The van der Waals surface area contributed by atoms with E-state index in [2.05, 4.69) is 15.4 Å². The summed E-state index contributed by atoms with van der Waals surface area (Å²) < 4.78 is 6.80. The van der Waals surface area contributed by atoms with Crippen molar-refractivity contribution in [2.45, 2.75) is 13.0 Å². The average molecular weight is 357 g/mol. The van der Waals surface area contributed by atoms with Crippen molar-refractivity contribution in [3.05, 3.63) is 71.1 Å². The second-order valence-corrected chi connectivity index (χ2v) is 5.69. The number of carbonyl (C=O) groups excluding carboxylic acids is 1. The summed E-state index contributed by atoms with van der Waals surface area (Å²) in [7, 11) is 0. The molecule has 0 spiro atoms. The number of ether oxygens (including phenoxy) is 1. The first kappa shape index (κ1) is 17.0. The van der Waals surface area contributed by atoms with Crippen LogP contribution in [0.5, 0.6) is 0 Å². The summed E-state index contributed by atoms with van der Waals surface area (Å²) in [5.41, 5.74) is 2.52. The fourth-order valence-electron chi connectivity index (χ4n) is 2.22. The Labute approximate surface area is 150 Å². The molecule has 1 N–H and O–H groups in total. The molecular formula is C18H17ClN4O2. The normalized spacial score (nSPS) is 11.1. The predicted octanol–water partition coefficient (Wildman–Crippen LogP) is 3.71. The number of carbonyl (C=O) groups is 1. The Balaban J connectivity index is 1.42. The summed E-state index contributed by atoms with van der Waals surface area (Å²) in [6.45, 7) is 0.745. The molecule has 128 valence electrons. The van der Waals surface area contributed by atoms with Crippen molar-refractivity contribution in [1.29, 1.82) is 0 Å². The zero-order valence-electron chi connectivity index (χ0n) is 13.4. The van der Waals surface area contributed by atoms with Gasteiger partial charge in [0.05, 0.1) is 6.20 Å². The molecule has 3 aromatic rings. The Morgan fingerprint density at radius 2 is 2.12 bits per heavy atom. The third-order valence-corrected chi connectivity index (χ3v) is 3.66. The molecule has 1 amide bonds. The van der Waals surface area contributed by atoms with Crippen molar-refractivity contribution < 1.29 is 9.53 Å². The van der Waals surface area contributed by atoms with Gasteiger partial charge in [-0.25, -0.2) is 14.3 Å². The SMILES string of the molecule is O=C(NCCC=Cc1cnn2ccc(Cl)nc12)OCc1ccccc1. The van der Waals surface area contributed by atoms with Gasteiger partial charge in [0.2, 0.25) is 0 Å². The molecule has 7 heteroatoms. The fourth-order valence-corrected chi connectivity index (χ4v) is 2.36. The lowest BCUT2D eigenvalue weighted by atomic mass is 10.2. The number of nitrogens with zero attached hydrogens (tertiary/aromatic N) is 3. The van der Waals surface area contributed by atoms with Crippen molar-refractivity contribution in [2.24, 2.45) is 0 Å². The first-order chi connectivity index (χ1) is 12.2. The van der Waals surface area contributed by atoms with Crippen molar-refractivity contribution in [2.75, 3.05) is 6.54 Å². The second-order valence-electron chi connectivity index (χ2n) is 5.30. The highest BCUT2D eigenvalue weighted by molar-refractivity contribution is 6.29. The third kappa shape index (κ3) is 4.81. The Morgan fingerprint density at radius 1 is 1.28 bits per heavy atom. The molecule has 0 saturated heterocycles. The van der Waals surface area contributed by atoms with Gasteiger partial charge in [-0.15, -0.1) is 0 Å². The number of amides is 1. The van der Waals surface area contributed by atoms with Gasteiger partial charge in [0, 0.05) is 18.3 Å². The van der Waals surface area contributed by atoms with Gasteiger partial charge in [-0.2, -0.15) is 5.10 Å². The second kappa shape index (κ2) is 8.30. The van der Waals surface area contributed by atoms with E-state index in [4.69, 9.17) is 16.3 Å². The molecule has 3 rings (SSSR count). The van der Waals surface area contributed by atoms with E-state index in [1.165, 1.54) is 0 Å². The summed E-state index contributed by atoms with van der Waals surface area (Å²) in [6, 6.07) is 11.2. The fraction of sp³-hybridized carbons (Fsp3) is 0.167. The summed E-state index contributed by atoms with van der Waals surface area (Å²) in [5.74, 6) is 0. The number of benzene rings is 1.